The maximum atomic E-state index is 9.88. The molecule has 0 bridgehead atoms. The third kappa shape index (κ3) is 23.0. The monoisotopic (exact) mass is 234 g/mol. The average molecular weight is 234 g/mol. The van der Waals surface area contributed by atoms with Crippen molar-refractivity contribution in [2.24, 2.45) is 0 Å². The molecule has 0 atom stereocenters. The van der Waals surface area contributed by atoms with Crippen LogP contribution in [0.1, 0.15) is 20.8 Å². The highest BCUT2D eigenvalue weighted by Gasteiger charge is 2.04. The first kappa shape index (κ1) is 17.3. The van der Waals surface area contributed by atoms with Crippen molar-refractivity contribution >= 4 is 12.4 Å². The highest BCUT2D eigenvalue weighted by molar-refractivity contribution is 5.68. The summed E-state index contributed by atoms with van der Waals surface area (Å²) in [4.78, 5) is 19.5. The number of carboxylic acid groups (broad SMARTS) is 1. The number of amides is 1. The molecule has 96 valence electrons. The van der Waals surface area contributed by atoms with Gasteiger partial charge in [-0.05, 0) is 20.8 Å². The fourth-order valence-corrected chi connectivity index (χ4v) is 0.415. The molecule has 16 heavy (non-hydrogen) atoms. The maximum absolute atomic E-state index is 9.88. The normalized spacial score (nSPS) is 10.0. The Kier molecular flexibility index (Phi) is 11.2. The molecule has 6 heteroatoms. The van der Waals surface area contributed by atoms with Crippen molar-refractivity contribution in [3.63, 3.8) is 0 Å². The molecule has 0 unspecified atom stereocenters. The Bertz CT molecular complexity index is 190. The van der Waals surface area contributed by atoms with Crippen LogP contribution in [0.2, 0.25) is 0 Å². The van der Waals surface area contributed by atoms with Gasteiger partial charge < -0.3 is 20.5 Å². The molecule has 0 fully saturated rings. The van der Waals surface area contributed by atoms with Crippen molar-refractivity contribution in [1.82, 2.24) is 10.6 Å². The minimum Gasteiger partial charge on any atom is -0.480 e. The number of carbonyl (C=O) groups excluding carboxylic acids is 1. The molecule has 0 radical (unpaired) electrons. The second-order valence-corrected chi connectivity index (χ2v) is 3.96. The first-order valence-electron chi connectivity index (χ1n) is 4.98. The second-order valence-electron chi connectivity index (χ2n) is 3.96. The van der Waals surface area contributed by atoms with Crippen molar-refractivity contribution in [2.45, 2.75) is 26.4 Å². The van der Waals surface area contributed by atoms with Crippen LogP contribution in [0.3, 0.4) is 0 Å². The third-order valence-electron chi connectivity index (χ3n) is 1.42. The van der Waals surface area contributed by atoms with E-state index in [9.17, 15) is 9.59 Å². The van der Waals surface area contributed by atoms with Crippen LogP contribution in [0.25, 0.3) is 0 Å². The molecule has 0 aliphatic carbocycles. The van der Waals surface area contributed by atoms with Gasteiger partial charge >= 0.3 is 5.97 Å². The quantitative estimate of drug-likeness (QED) is 0.439. The van der Waals surface area contributed by atoms with Crippen LogP contribution < -0.4 is 10.6 Å². The van der Waals surface area contributed by atoms with Crippen LogP contribution in [0.15, 0.2) is 0 Å². The SMILES string of the molecule is COC(C)(C)C.O=CNCCNCC(=O)O. The molecule has 6 nitrogen and oxygen atoms in total. The predicted octanol–water partition coefficient (Wildman–Crippen LogP) is -0.162. The van der Waals surface area contributed by atoms with Gasteiger partial charge in [-0.25, -0.2) is 0 Å². The van der Waals surface area contributed by atoms with E-state index in [2.05, 4.69) is 10.6 Å². The van der Waals surface area contributed by atoms with Crippen LogP contribution >= 0.6 is 0 Å². The predicted molar refractivity (Wildman–Crippen MR) is 61.3 cm³/mol. The first-order chi connectivity index (χ1) is 7.33. The van der Waals surface area contributed by atoms with E-state index in [0.717, 1.165) is 0 Å². The third-order valence-corrected chi connectivity index (χ3v) is 1.42. The van der Waals surface area contributed by atoms with Gasteiger partial charge in [0.15, 0.2) is 0 Å². The van der Waals surface area contributed by atoms with Crippen LogP contribution in [0, 0.1) is 0 Å². The zero-order chi connectivity index (χ0) is 13.0. The van der Waals surface area contributed by atoms with E-state index in [-0.39, 0.29) is 12.1 Å². The van der Waals surface area contributed by atoms with Gasteiger partial charge in [-0.2, -0.15) is 0 Å². The zero-order valence-corrected chi connectivity index (χ0v) is 10.4. The van der Waals surface area contributed by atoms with Crippen LogP contribution in [0.5, 0.6) is 0 Å². The molecule has 0 aromatic carbocycles. The van der Waals surface area contributed by atoms with Crippen molar-refractivity contribution < 1.29 is 19.4 Å². The number of ether oxygens (including phenoxy) is 1. The summed E-state index contributed by atoms with van der Waals surface area (Å²) in [6, 6.07) is 0. The molecule has 0 aromatic rings. The number of nitrogens with one attached hydrogen (secondary N) is 2. The van der Waals surface area contributed by atoms with Gasteiger partial charge in [0.1, 0.15) is 0 Å². The summed E-state index contributed by atoms with van der Waals surface area (Å²) in [6.07, 6.45) is 0.572. The van der Waals surface area contributed by atoms with Crippen molar-refractivity contribution in [3.8, 4) is 0 Å². The number of hydrogen-bond donors (Lipinski definition) is 3. The Balaban J connectivity index is 0. The topological polar surface area (TPSA) is 87.7 Å². The summed E-state index contributed by atoms with van der Waals surface area (Å²) in [6.45, 7) is 6.93. The van der Waals surface area contributed by atoms with E-state index in [1.807, 2.05) is 20.8 Å². The smallest absolute Gasteiger partial charge is 0.317 e. The molecule has 0 rings (SSSR count). The van der Waals surface area contributed by atoms with Gasteiger partial charge in [-0.1, -0.05) is 0 Å². The largest absolute Gasteiger partial charge is 0.480 e. The molecule has 0 aliphatic heterocycles. The Morgan fingerprint density at radius 2 is 1.88 bits per heavy atom. The van der Waals surface area contributed by atoms with Crippen LogP contribution in [-0.4, -0.2) is 49.8 Å². The minimum atomic E-state index is -0.897. The molecular formula is C10H22N2O4. The standard InChI is InChI=1S/C5H10N2O3.C5H12O/c8-4-7-2-1-6-3-5(9)10;1-5(2,3)6-4/h4,6H,1-3H2,(H,7,8)(H,9,10);1-4H3. The highest BCUT2D eigenvalue weighted by Crippen LogP contribution is 2.02. The lowest BCUT2D eigenvalue weighted by Crippen LogP contribution is -2.30. The van der Waals surface area contributed by atoms with E-state index in [1.165, 1.54) is 0 Å². The maximum Gasteiger partial charge on any atom is 0.317 e. The summed E-state index contributed by atoms with van der Waals surface area (Å²) in [5.41, 5.74) is 0.0417. The Morgan fingerprint density at radius 1 is 1.38 bits per heavy atom. The fourth-order valence-electron chi connectivity index (χ4n) is 0.415. The van der Waals surface area contributed by atoms with Gasteiger partial charge in [0.25, 0.3) is 0 Å². The Labute approximate surface area is 96.4 Å². The number of aliphatic carboxylic acids is 1. The Morgan fingerprint density at radius 3 is 2.19 bits per heavy atom. The lowest BCUT2D eigenvalue weighted by atomic mass is 10.2. The Hall–Kier alpha value is -1.14. The number of carboxylic acids is 1. The van der Waals surface area contributed by atoms with Gasteiger partial charge in [0, 0.05) is 20.2 Å². The molecule has 0 aromatic heterocycles. The number of rotatable bonds is 6. The number of methoxy groups -OCH3 is 1. The average Bonchev–Trinajstić information content (AvgIpc) is 2.17. The van der Waals surface area contributed by atoms with E-state index in [1.54, 1.807) is 7.11 Å². The number of carbonyl (C=O) groups is 2. The second kappa shape index (κ2) is 10.4. The molecule has 0 saturated carbocycles. The first-order valence-corrected chi connectivity index (χ1v) is 4.98. The van der Waals surface area contributed by atoms with Crippen LogP contribution in [-0.2, 0) is 14.3 Å². The summed E-state index contributed by atoms with van der Waals surface area (Å²) >= 11 is 0. The number of hydrogen-bond acceptors (Lipinski definition) is 4. The summed E-state index contributed by atoms with van der Waals surface area (Å²) < 4.78 is 4.94. The zero-order valence-electron chi connectivity index (χ0n) is 10.4. The van der Waals surface area contributed by atoms with Gasteiger partial charge in [-0.15, -0.1) is 0 Å². The molecule has 1 amide bonds. The van der Waals surface area contributed by atoms with Gasteiger partial charge in [0.2, 0.25) is 6.41 Å². The molecule has 0 spiro atoms. The molecule has 3 N–H and O–H groups in total. The molecule has 0 aliphatic rings. The van der Waals surface area contributed by atoms with Gasteiger partial charge in [-0.3, -0.25) is 9.59 Å². The molecular weight excluding hydrogens is 212 g/mol. The highest BCUT2D eigenvalue weighted by atomic mass is 16.5. The van der Waals surface area contributed by atoms with E-state index >= 15 is 0 Å². The van der Waals surface area contributed by atoms with Crippen molar-refractivity contribution in [3.05, 3.63) is 0 Å². The van der Waals surface area contributed by atoms with E-state index in [4.69, 9.17) is 9.84 Å². The van der Waals surface area contributed by atoms with Crippen molar-refractivity contribution in [1.29, 1.82) is 0 Å². The van der Waals surface area contributed by atoms with Crippen molar-refractivity contribution in [2.75, 3.05) is 26.7 Å². The summed E-state index contributed by atoms with van der Waals surface area (Å²) in [5, 5.41) is 13.1. The van der Waals surface area contributed by atoms with E-state index in [0.29, 0.717) is 19.5 Å². The summed E-state index contributed by atoms with van der Waals surface area (Å²) in [7, 11) is 1.71. The lowest BCUT2D eigenvalue weighted by molar-refractivity contribution is -0.135. The van der Waals surface area contributed by atoms with Gasteiger partial charge in [0.05, 0.1) is 12.1 Å². The molecule has 0 saturated heterocycles. The summed E-state index contributed by atoms with van der Waals surface area (Å²) in [5.74, 6) is -0.897. The molecule has 0 heterocycles. The lowest BCUT2D eigenvalue weighted by Gasteiger charge is -2.14. The minimum absolute atomic E-state index is 0.0417. The van der Waals surface area contributed by atoms with E-state index < -0.39 is 5.97 Å². The van der Waals surface area contributed by atoms with Crippen LogP contribution in [0.4, 0.5) is 0 Å². The fraction of sp³-hybridized carbons (Fsp3) is 0.800.